The molecule has 1 aromatic carbocycles. The van der Waals surface area contributed by atoms with E-state index in [-0.39, 0.29) is 9.50 Å². The van der Waals surface area contributed by atoms with Gasteiger partial charge < -0.3 is 4.74 Å². The van der Waals surface area contributed by atoms with Crippen LogP contribution in [0.25, 0.3) is 0 Å². The van der Waals surface area contributed by atoms with Gasteiger partial charge >= 0.3 is 12.1 Å². The average Bonchev–Trinajstić information content (AvgIpc) is 2.14. The summed E-state index contributed by atoms with van der Waals surface area (Å²) in [4.78, 5) is 11.2. The SMILES string of the molecule is COC(=O)c1c(Br)cc(Cl)cc1C(F)(F)F. The smallest absolute Gasteiger partial charge is 0.417 e. The van der Waals surface area contributed by atoms with E-state index in [0.717, 1.165) is 7.11 Å². The summed E-state index contributed by atoms with van der Waals surface area (Å²) in [5, 5.41) is -0.119. The lowest BCUT2D eigenvalue weighted by Gasteiger charge is -2.13. The van der Waals surface area contributed by atoms with Crippen LogP contribution in [-0.4, -0.2) is 13.1 Å². The molecule has 0 spiro atoms. The van der Waals surface area contributed by atoms with Crippen LogP contribution in [0, 0.1) is 0 Å². The average molecular weight is 317 g/mol. The molecule has 0 fully saturated rings. The van der Waals surface area contributed by atoms with Gasteiger partial charge in [0, 0.05) is 9.50 Å². The third kappa shape index (κ3) is 2.68. The molecule has 0 amide bonds. The van der Waals surface area contributed by atoms with Crippen molar-refractivity contribution < 1.29 is 22.7 Å². The second-order valence-corrected chi connectivity index (χ2v) is 4.09. The summed E-state index contributed by atoms with van der Waals surface area (Å²) in [6.45, 7) is 0. The summed E-state index contributed by atoms with van der Waals surface area (Å²) in [6, 6.07) is 1.88. The second-order valence-electron chi connectivity index (χ2n) is 2.80. The van der Waals surface area contributed by atoms with Crippen LogP contribution in [0.4, 0.5) is 13.2 Å². The van der Waals surface area contributed by atoms with E-state index in [0.29, 0.717) is 6.07 Å². The number of benzene rings is 1. The van der Waals surface area contributed by atoms with Crippen LogP contribution in [0.5, 0.6) is 0 Å². The Morgan fingerprint density at radius 2 is 2.00 bits per heavy atom. The van der Waals surface area contributed by atoms with Gasteiger partial charge in [-0.05, 0) is 28.1 Å². The van der Waals surface area contributed by atoms with Gasteiger partial charge in [-0.3, -0.25) is 0 Å². The first-order chi connectivity index (χ1) is 7.27. The van der Waals surface area contributed by atoms with E-state index in [1.807, 2.05) is 0 Å². The first-order valence-electron chi connectivity index (χ1n) is 3.92. The molecule has 0 aliphatic rings. The number of alkyl halides is 3. The number of halogens is 5. The molecule has 0 bridgehead atoms. The molecule has 0 radical (unpaired) electrons. The molecule has 88 valence electrons. The van der Waals surface area contributed by atoms with Crippen molar-refractivity contribution in [2.75, 3.05) is 7.11 Å². The van der Waals surface area contributed by atoms with Crippen molar-refractivity contribution in [1.82, 2.24) is 0 Å². The highest BCUT2D eigenvalue weighted by atomic mass is 79.9. The minimum atomic E-state index is -4.67. The fourth-order valence-electron chi connectivity index (χ4n) is 1.11. The number of carbonyl (C=O) groups is 1. The molecule has 0 saturated heterocycles. The Morgan fingerprint density at radius 1 is 1.44 bits per heavy atom. The van der Waals surface area contributed by atoms with Crippen LogP contribution < -0.4 is 0 Å². The predicted molar refractivity (Wildman–Crippen MR) is 55.5 cm³/mol. The number of hydrogen-bond acceptors (Lipinski definition) is 2. The lowest BCUT2D eigenvalue weighted by Crippen LogP contribution is -2.15. The number of carbonyl (C=O) groups excluding carboxylic acids is 1. The molecular formula is C9H5BrClF3O2. The van der Waals surface area contributed by atoms with Gasteiger partial charge in [-0.15, -0.1) is 0 Å². The molecule has 0 saturated carbocycles. The number of ether oxygens (including phenoxy) is 1. The molecular weight excluding hydrogens is 312 g/mol. The topological polar surface area (TPSA) is 26.3 Å². The minimum absolute atomic E-state index is 0.0563. The molecule has 0 atom stereocenters. The maximum absolute atomic E-state index is 12.6. The Kier molecular flexibility index (Phi) is 3.85. The fourth-order valence-corrected chi connectivity index (χ4v) is 2.08. The second kappa shape index (κ2) is 4.63. The summed E-state index contributed by atoms with van der Waals surface area (Å²) in [7, 11) is 1.00. The summed E-state index contributed by atoms with van der Waals surface area (Å²) in [5.74, 6) is -1.07. The highest BCUT2D eigenvalue weighted by Crippen LogP contribution is 2.37. The lowest BCUT2D eigenvalue weighted by atomic mass is 10.1. The molecule has 0 aromatic heterocycles. The Labute approximate surface area is 102 Å². The monoisotopic (exact) mass is 316 g/mol. The van der Waals surface area contributed by atoms with Gasteiger partial charge in [0.2, 0.25) is 0 Å². The van der Waals surface area contributed by atoms with Crippen LogP contribution in [0.15, 0.2) is 16.6 Å². The van der Waals surface area contributed by atoms with Crippen molar-refractivity contribution in [3.63, 3.8) is 0 Å². The summed E-state index contributed by atoms with van der Waals surface area (Å²) in [6.07, 6.45) is -4.67. The van der Waals surface area contributed by atoms with Crippen LogP contribution in [0.1, 0.15) is 15.9 Å². The maximum Gasteiger partial charge on any atom is 0.417 e. The van der Waals surface area contributed by atoms with E-state index in [2.05, 4.69) is 20.7 Å². The maximum atomic E-state index is 12.6. The largest absolute Gasteiger partial charge is 0.465 e. The zero-order valence-electron chi connectivity index (χ0n) is 7.86. The predicted octanol–water partition coefficient (Wildman–Crippen LogP) is 3.91. The molecule has 1 rings (SSSR count). The van der Waals surface area contributed by atoms with Gasteiger partial charge in [-0.25, -0.2) is 4.79 Å². The van der Waals surface area contributed by atoms with Crippen molar-refractivity contribution in [3.05, 3.63) is 32.8 Å². The summed E-state index contributed by atoms with van der Waals surface area (Å²) >= 11 is 8.34. The lowest BCUT2D eigenvalue weighted by molar-refractivity contribution is -0.138. The van der Waals surface area contributed by atoms with Crippen molar-refractivity contribution in [1.29, 1.82) is 0 Å². The van der Waals surface area contributed by atoms with Crippen molar-refractivity contribution >= 4 is 33.5 Å². The Balaban J connectivity index is 3.51. The van der Waals surface area contributed by atoms with Gasteiger partial charge in [0.1, 0.15) is 0 Å². The van der Waals surface area contributed by atoms with E-state index in [1.165, 1.54) is 6.07 Å². The number of esters is 1. The summed E-state index contributed by atoms with van der Waals surface area (Å²) < 4.78 is 42.1. The van der Waals surface area contributed by atoms with Crippen LogP contribution in [0.3, 0.4) is 0 Å². The third-order valence-corrected chi connectivity index (χ3v) is 2.59. The van der Waals surface area contributed by atoms with Gasteiger partial charge in [0.25, 0.3) is 0 Å². The zero-order valence-corrected chi connectivity index (χ0v) is 10.2. The third-order valence-electron chi connectivity index (χ3n) is 1.75. The fraction of sp³-hybridized carbons (Fsp3) is 0.222. The molecule has 16 heavy (non-hydrogen) atoms. The van der Waals surface area contributed by atoms with Gasteiger partial charge in [-0.1, -0.05) is 11.6 Å². The van der Waals surface area contributed by atoms with Crippen LogP contribution in [-0.2, 0) is 10.9 Å². The van der Waals surface area contributed by atoms with E-state index >= 15 is 0 Å². The molecule has 0 N–H and O–H groups in total. The van der Waals surface area contributed by atoms with E-state index in [1.54, 1.807) is 0 Å². The normalized spacial score (nSPS) is 11.4. The molecule has 0 aliphatic carbocycles. The number of methoxy groups -OCH3 is 1. The van der Waals surface area contributed by atoms with Gasteiger partial charge in [-0.2, -0.15) is 13.2 Å². The van der Waals surface area contributed by atoms with E-state index < -0.39 is 23.3 Å². The minimum Gasteiger partial charge on any atom is -0.465 e. The summed E-state index contributed by atoms with van der Waals surface area (Å²) in [5.41, 5.74) is -1.71. The number of rotatable bonds is 1. The van der Waals surface area contributed by atoms with E-state index in [9.17, 15) is 18.0 Å². The molecule has 0 heterocycles. The van der Waals surface area contributed by atoms with Gasteiger partial charge in [0.05, 0.1) is 18.2 Å². The molecule has 0 aliphatic heterocycles. The molecule has 1 aromatic rings. The number of hydrogen-bond donors (Lipinski definition) is 0. The van der Waals surface area contributed by atoms with Gasteiger partial charge in [0.15, 0.2) is 0 Å². The zero-order chi connectivity index (χ0) is 12.5. The Hall–Kier alpha value is -0.750. The Bertz CT molecular complexity index is 431. The highest BCUT2D eigenvalue weighted by molar-refractivity contribution is 9.10. The molecule has 7 heteroatoms. The quantitative estimate of drug-likeness (QED) is 0.734. The van der Waals surface area contributed by atoms with Crippen molar-refractivity contribution in [2.45, 2.75) is 6.18 Å². The van der Waals surface area contributed by atoms with Crippen LogP contribution in [0.2, 0.25) is 5.02 Å². The first kappa shape index (κ1) is 13.3. The standard InChI is InChI=1S/C9H5BrClF3O2/c1-16-8(15)7-5(9(12,13)14)2-4(11)3-6(7)10/h2-3H,1H3. The van der Waals surface area contributed by atoms with Crippen LogP contribution >= 0.6 is 27.5 Å². The van der Waals surface area contributed by atoms with E-state index in [4.69, 9.17) is 11.6 Å². The van der Waals surface area contributed by atoms with Crippen molar-refractivity contribution in [2.24, 2.45) is 0 Å². The molecule has 0 unspecified atom stereocenters. The van der Waals surface area contributed by atoms with Crippen molar-refractivity contribution in [3.8, 4) is 0 Å². The Morgan fingerprint density at radius 3 is 2.44 bits per heavy atom. The molecule has 2 nitrogen and oxygen atoms in total. The highest BCUT2D eigenvalue weighted by Gasteiger charge is 2.37. The first-order valence-corrected chi connectivity index (χ1v) is 5.09.